The van der Waals surface area contributed by atoms with Crippen molar-refractivity contribution in [2.75, 3.05) is 33.1 Å². The molecule has 8 nitrogen and oxygen atoms in total. The summed E-state index contributed by atoms with van der Waals surface area (Å²) in [5.41, 5.74) is 4.80. The van der Waals surface area contributed by atoms with Crippen molar-refractivity contribution in [1.82, 2.24) is 14.5 Å². The van der Waals surface area contributed by atoms with Gasteiger partial charge < -0.3 is 19.4 Å². The topological polar surface area (TPSA) is 89.6 Å². The zero-order valence-corrected chi connectivity index (χ0v) is 19.6. The van der Waals surface area contributed by atoms with Gasteiger partial charge in [-0.3, -0.25) is 14.2 Å². The normalized spacial score (nSPS) is 11.3. The van der Waals surface area contributed by atoms with Crippen LogP contribution in [0.25, 0.3) is 38.9 Å². The van der Waals surface area contributed by atoms with Gasteiger partial charge in [0, 0.05) is 35.0 Å². The van der Waals surface area contributed by atoms with E-state index < -0.39 is 0 Å². The van der Waals surface area contributed by atoms with Crippen LogP contribution in [0.4, 0.5) is 5.69 Å². The van der Waals surface area contributed by atoms with E-state index in [1.54, 1.807) is 47.0 Å². The number of carbonyl (C=O) groups excluding carboxylic acids is 1. The van der Waals surface area contributed by atoms with E-state index in [1.165, 1.54) is 6.07 Å². The van der Waals surface area contributed by atoms with Crippen molar-refractivity contribution in [3.63, 3.8) is 0 Å². The second-order valence-electron chi connectivity index (χ2n) is 8.46. The molecule has 0 fully saturated rings. The summed E-state index contributed by atoms with van der Waals surface area (Å²) in [4.78, 5) is 31.4. The van der Waals surface area contributed by atoms with E-state index in [2.05, 4.69) is 10.3 Å². The molecule has 5 aromatic rings. The largest absolute Gasteiger partial charge is 0.481 e. The first-order valence-electron chi connectivity index (χ1n) is 11.1. The number of benzene rings is 2. The minimum Gasteiger partial charge on any atom is -0.481 e. The molecule has 0 unspecified atom stereocenters. The molecule has 2 aromatic carbocycles. The smallest absolute Gasteiger partial charge is 0.255 e. The summed E-state index contributed by atoms with van der Waals surface area (Å²) in [5, 5.41) is 3.68. The SMILES string of the molecule is COc1ccc(-c2ccc3oc4ccc(=O)n(-c5cccc(NC(=O)CN(C)C)c5)c4c3c2)cn1. The van der Waals surface area contributed by atoms with Crippen LogP contribution >= 0.6 is 0 Å². The molecular weight excluding hydrogens is 444 g/mol. The number of furan rings is 1. The Labute approximate surface area is 201 Å². The second kappa shape index (κ2) is 9.08. The lowest BCUT2D eigenvalue weighted by Gasteiger charge is -2.12. The van der Waals surface area contributed by atoms with Crippen LogP contribution in [-0.2, 0) is 4.79 Å². The van der Waals surface area contributed by atoms with Crippen LogP contribution < -0.4 is 15.6 Å². The Balaban J connectivity index is 1.64. The first-order chi connectivity index (χ1) is 16.9. The van der Waals surface area contributed by atoms with Gasteiger partial charge in [-0.05, 0) is 62.1 Å². The van der Waals surface area contributed by atoms with Gasteiger partial charge in [0.2, 0.25) is 11.8 Å². The van der Waals surface area contributed by atoms with E-state index >= 15 is 0 Å². The van der Waals surface area contributed by atoms with Crippen molar-refractivity contribution in [2.45, 2.75) is 0 Å². The van der Waals surface area contributed by atoms with E-state index in [4.69, 9.17) is 9.15 Å². The third-order valence-corrected chi connectivity index (χ3v) is 5.64. The van der Waals surface area contributed by atoms with Crippen molar-refractivity contribution < 1.29 is 13.9 Å². The monoisotopic (exact) mass is 468 g/mol. The van der Waals surface area contributed by atoms with Gasteiger partial charge in [0.15, 0.2) is 5.58 Å². The number of ether oxygens (including phenoxy) is 1. The van der Waals surface area contributed by atoms with Gasteiger partial charge in [-0.25, -0.2) is 4.98 Å². The number of amides is 1. The van der Waals surface area contributed by atoms with Crippen molar-refractivity contribution in [3.8, 4) is 22.7 Å². The van der Waals surface area contributed by atoms with E-state index in [-0.39, 0.29) is 18.0 Å². The molecule has 0 bridgehead atoms. The summed E-state index contributed by atoms with van der Waals surface area (Å²) in [5.74, 6) is 0.402. The van der Waals surface area contributed by atoms with Crippen LogP contribution in [0.1, 0.15) is 0 Å². The number of pyridine rings is 2. The molecule has 1 amide bonds. The second-order valence-corrected chi connectivity index (χ2v) is 8.46. The number of hydrogen-bond acceptors (Lipinski definition) is 6. The fraction of sp³-hybridized carbons (Fsp3) is 0.148. The minimum atomic E-state index is -0.200. The minimum absolute atomic E-state index is 0.135. The first kappa shape index (κ1) is 22.4. The van der Waals surface area contributed by atoms with Crippen LogP contribution in [0.2, 0.25) is 0 Å². The Morgan fingerprint density at radius 2 is 1.83 bits per heavy atom. The molecule has 3 aromatic heterocycles. The van der Waals surface area contributed by atoms with Gasteiger partial charge in [-0.1, -0.05) is 12.1 Å². The average molecular weight is 469 g/mol. The summed E-state index contributed by atoms with van der Waals surface area (Å²) < 4.78 is 12.8. The number of nitrogens with one attached hydrogen (secondary N) is 1. The summed E-state index contributed by atoms with van der Waals surface area (Å²) >= 11 is 0. The van der Waals surface area contributed by atoms with Crippen LogP contribution in [-0.4, -0.2) is 48.1 Å². The van der Waals surface area contributed by atoms with Crippen molar-refractivity contribution in [3.05, 3.63) is 83.3 Å². The lowest BCUT2D eigenvalue weighted by Crippen LogP contribution is -2.27. The Morgan fingerprint density at radius 3 is 2.57 bits per heavy atom. The Morgan fingerprint density at radius 1 is 1.03 bits per heavy atom. The highest BCUT2D eigenvalue weighted by Gasteiger charge is 2.16. The van der Waals surface area contributed by atoms with Crippen LogP contribution in [0, 0.1) is 0 Å². The summed E-state index contributed by atoms with van der Waals surface area (Å²) in [7, 11) is 5.24. The van der Waals surface area contributed by atoms with Crippen LogP contribution in [0.5, 0.6) is 5.88 Å². The van der Waals surface area contributed by atoms with E-state index in [9.17, 15) is 9.59 Å². The zero-order valence-electron chi connectivity index (χ0n) is 19.6. The predicted molar refractivity (Wildman–Crippen MR) is 136 cm³/mol. The molecule has 8 heteroatoms. The molecule has 176 valence electrons. The predicted octanol–water partition coefficient (Wildman–Crippen LogP) is 4.31. The fourth-order valence-corrected chi connectivity index (χ4v) is 4.10. The van der Waals surface area contributed by atoms with E-state index in [0.717, 1.165) is 16.5 Å². The number of hydrogen-bond donors (Lipinski definition) is 1. The number of carbonyl (C=O) groups is 1. The van der Waals surface area contributed by atoms with Crippen molar-refractivity contribution in [1.29, 1.82) is 0 Å². The number of aromatic nitrogens is 2. The number of likely N-dealkylation sites (N-methyl/N-ethyl adjacent to an activating group) is 1. The highest BCUT2D eigenvalue weighted by Crippen LogP contribution is 2.33. The maximum Gasteiger partial charge on any atom is 0.255 e. The number of anilines is 1. The molecule has 5 rings (SSSR count). The lowest BCUT2D eigenvalue weighted by molar-refractivity contribution is -0.116. The Kier molecular flexibility index (Phi) is 5.80. The first-order valence-corrected chi connectivity index (χ1v) is 11.1. The van der Waals surface area contributed by atoms with E-state index in [1.807, 2.05) is 50.5 Å². The molecule has 0 atom stereocenters. The molecule has 0 aliphatic rings. The molecule has 0 radical (unpaired) electrons. The van der Waals surface area contributed by atoms with Gasteiger partial charge in [0.25, 0.3) is 5.56 Å². The lowest BCUT2D eigenvalue weighted by atomic mass is 10.1. The van der Waals surface area contributed by atoms with E-state index in [0.29, 0.717) is 33.9 Å². The third-order valence-electron chi connectivity index (χ3n) is 5.64. The molecule has 0 aliphatic carbocycles. The van der Waals surface area contributed by atoms with Crippen LogP contribution in [0.3, 0.4) is 0 Å². The van der Waals surface area contributed by atoms with Crippen molar-refractivity contribution >= 4 is 33.7 Å². The van der Waals surface area contributed by atoms with Gasteiger partial charge in [-0.2, -0.15) is 0 Å². The zero-order chi connectivity index (χ0) is 24.5. The van der Waals surface area contributed by atoms with Gasteiger partial charge >= 0.3 is 0 Å². The quantitative estimate of drug-likeness (QED) is 0.400. The van der Waals surface area contributed by atoms with Crippen LogP contribution in [0.15, 0.2) is 82.1 Å². The molecule has 35 heavy (non-hydrogen) atoms. The molecular formula is C27H24N4O4. The van der Waals surface area contributed by atoms with Gasteiger partial charge in [0.05, 0.1) is 19.3 Å². The molecule has 1 N–H and O–H groups in total. The van der Waals surface area contributed by atoms with Gasteiger partial charge in [-0.15, -0.1) is 0 Å². The maximum absolute atomic E-state index is 13.1. The number of fused-ring (bicyclic) bond motifs is 3. The Bertz CT molecular complexity index is 1600. The number of rotatable bonds is 6. The standard InChI is InChI=1S/C27H24N4O4/c1-30(2)16-24(32)29-19-5-4-6-20(14-19)31-26(33)12-10-23-27(31)21-13-17(7-9-22(21)35-23)18-8-11-25(34-3)28-15-18/h4-15H,16H2,1-3H3,(H,29,32). The molecule has 0 aliphatic heterocycles. The molecule has 0 saturated carbocycles. The number of methoxy groups -OCH3 is 1. The summed E-state index contributed by atoms with van der Waals surface area (Å²) in [6.45, 7) is 0.259. The van der Waals surface area contributed by atoms with Gasteiger partial charge in [0.1, 0.15) is 11.1 Å². The van der Waals surface area contributed by atoms with Crippen molar-refractivity contribution in [2.24, 2.45) is 0 Å². The molecule has 3 heterocycles. The molecule has 0 saturated heterocycles. The maximum atomic E-state index is 13.1. The Hall–Kier alpha value is -4.43. The fourth-order valence-electron chi connectivity index (χ4n) is 4.10. The highest BCUT2D eigenvalue weighted by atomic mass is 16.5. The summed E-state index contributed by atoms with van der Waals surface area (Å²) in [6.07, 6.45) is 1.75. The third kappa shape index (κ3) is 4.39. The number of nitrogens with zero attached hydrogens (tertiary/aromatic N) is 3. The highest BCUT2D eigenvalue weighted by molar-refractivity contribution is 6.05. The average Bonchev–Trinajstić information content (AvgIpc) is 3.21. The molecule has 0 spiro atoms. The summed E-state index contributed by atoms with van der Waals surface area (Å²) in [6, 6.07) is 20.0.